The summed E-state index contributed by atoms with van der Waals surface area (Å²) >= 11 is 0. The Morgan fingerprint density at radius 1 is 1.04 bits per heavy atom. The average molecular weight is 359 g/mol. The lowest BCUT2D eigenvalue weighted by molar-refractivity contribution is -0.124. The quantitative estimate of drug-likeness (QED) is 0.780. The first-order valence-electron chi connectivity index (χ1n) is 9.01. The van der Waals surface area contributed by atoms with E-state index < -0.39 is 6.17 Å². The lowest BCUT2D eigenvalue weighted by Crippen LogP contribution is -2.32. The molecule has 0 radical (unpaired) electrons. The van der Waals surface area contributed by atoms with E-state index in [1.807, 2.05) is 79.9 Å². The molecule has 0 unspecified atom stereocenters. The van der Waals surface area contributed by atoms with E-state index in [1.165, 1.54) is 0 Å². The molecule has 1 aliphatic heterocycles. The highest BCUT2D eigenvalue weighted by atomic mass is 16.2. The van der Waals surface area contributed by atoms with Crippen LogP contribution >= 0.6 is 0 Å². The van der Waals surface area contributed by atoms with Gasteiger partial charge in [0.1, 0.15) is 5.82 Å². The summed E-state index contributed by atoms with van der Waals surface area (Å²) in [7, 11) is 0. The van der Waals surface area contributed by atoms with Gasteiger partial charge >= 0.3 is 0 Å². The zero-order valence-electron chi connectivity index (χ0n) is 15.5. The van der Waals surface area contributed by atoms with Crippen LogP contribution in [-0.4, -0.2) is 26.4 Å². The fraction of sp³-hybridized carbons (Fsp3) is 0.238. The van der Waals surface area contributed by atoms with Gasteiger partial charge < -0.3 is 5.32 Å². The van der Waals surface area contributed by atoms with Gasteiger partial charge in [-0.3, -0.25) is 14.4 Å². The molecule has 0 aliphatic carbocycles. The van der Waals surface area contributed by atoms with Crippen molar-refractivity contribution in [2.24, 2.45) is 10.9 Å². The molecule has 136 valence electrons. The number of carbonyl (C=O) groups is 1. The molecule has 0 saturated heterocycles. The van der Waals surface area contributed by atoms with Gasteiger partial charge in [0.15, 0.2) is 12.0 Å². The Balaban J connectivity index is 1.96. The van der Waals surface area contributed by atoms with Gasteiger partial charge in [0.05, 0.1) is 11.4 Å². The molecule has 6 nitrogen and oxygen atoms in total. The Bertz CT molecular complexity index is 1020. The van der Waals surface area contributed by atoms with E-state index in [4.69, 9.17) is 4.99 Å². The van der Waals surface area contributed by atoms with E-state index in [2.05, 4.69) is 15.5 Å². The molecule has 4 rings (SSSR count). The van der Waals surface area contributed by atoms with Crippen LogP contribution in [0.1, 0.15) is 42.8 Å². The van der Waals surface area contributed by atoms with Crippen LogP contribution in [0.4, 0.5) is 0 Å². The summed E-state index contributed by atoms with van der Waals surface area (Å²) in [5.74, 6) is 1.14. The van der Waals surface area contributed by atoms with Crippen molar-refractivity contribution in [2.75, 3.05) is 0 Å². The number of rotatable bonds is 3. The number of hydrogen-bond donors (Lipinski definition) is 1. The molecule has 0 fully saturated rings. The molecule has 3 aromatic rings. The zero-order valence-corrected chi connectivity index (χ0v) is 15.5. The number of nitrogens with zero attached hydrogens (tertiary/aromatic N) is 4. The summed E-state index contributed by atoms with van der Waals surface area (Å²) in [6.45, 7) is 5.62. The largest absolute Gasteiger partial charge is 0.328 e. The van der Waals surface area contributed by atoms with Crippen molar-refractivity contribution >= 4 is 11.6 Å². The number of benzene rings is 2. The van der Waals surface area contributed by atoms with Crippen LogP contribution in [0.2, 0.25) is 0 Å². The molecule has 2 heterocycles. The fourth-order valence-corrected chi connectivity index (χ4v) is 3.20. The first-order chi connectivity index (χ1) is 13.1. The minimum absolute atomic E-state index is 0.0747. The van der Waals surface area contributed by atoms with Crippen LogP contribution in [0.5, 0.6) is 0 Å². The Hall–Kier alpha value is -3.28. The molecule has 0 bridgehead atoms. The Labute approximate surface area is 158 Å². The molecule has 0 saturated carbocycles. The highest BCUT2D eigenvalue weighted by Gasteiger charge is 2.29. The number of aromatic nitrogens is 3. The van der Waals surface area contributed by atoms with Crippen molar-refractivity contribution in [1.29, 1.82) is 0 Å². The summed E-state index contributed by atoms with van der Waals surface area (Å²) < 4.78 is 1.97. The molecule has 1 atom stereocenters. The molecule has 1 N–H and O–H groups in total. The van der Waals surface area contributed by atoms with Gasteiger partial charge in [0.25, 0.3) is 0 Å². The monoisotopic (exact) mass is 359 g/mol. The first-order valence-corrected chi connectivity index (χ1v) is 9.01. The third-order valence-corrected chi connectivity index (χ3v) is 4.60. The summed E-state index contributed by atoms with van der Waals surface area (Å²) in [6, 6.07) is 18.0. The predicted molar refractivity (Wildman–Crippen MR) is 104 cm³/mol. The lowest BCUT2D eigenvalue weighted by atomic mass is 10.0. The number of hydrogen-bond acceptors (Lipinski definition) is 4. The highest BCUT2D eigenvalue weighted by molar-refractivity contribution is 6.15. The Morgan fingerprint density at radius 3 is 2.48 bits per heavy atom. The number of aliphatic imine (C=N–C) groups is 1. The van der Waals surface area contributed by atoms with Gasteiger partial charge in [0, 0.05) is 17.0 Å². The maximum atomic E-state index is 12.4. The van der Waals surface area contributed by atoms with Crippen molar-refractivity contribution < 1.29 is 4.79 Å². The summed E-state index contributed by atoms with van der Waals surface area (Å²) in [5.41, 5.74) is 3.75. The van der Waals surface area contributed by atoms with Gasteiger partial charge in [-0.1, -0.05) is 62.4 Å². The summed E-state index contributed by atoms with van der Waals surface area (Å²) in [6.07, 6.45) is -0.608. The second kappa shape index (κ2) is 6.79. The van der Waals surface area contributed by atoms with Crippen molar-refractivity contribution in [1.82, 2.24) is 20.1 Å². The Morgan fingerprint density at radius 2 is 1.74 bits per heavy atom. The number of aryl methyl sites for hydroxylation is 1. The van der Waals surface area contributed by atoms with Gasteiger partial charge in [-0.15, -0.1) is 10.2 Å². The van der Waals surface area contributed by atoms with Crippen LogP contribution < -0.4 is 5.32 Å². The molecule has 1 aromatic heterocycles. The standard InChI is InChI=1S/C21H21N5O/c1-13(2)21(27)23-19-20-25-24-14(3)26(20)17-12-8-7-11-16(17)18(22-19)15-9-5-4-6-10-15/h4-13,19H,1-3H3,(H,23,27)/t19-/m0/s1. The molecule has 6 heteroatoms. The van der Waals surface area contributed by atoms with Gasteiger partial charge in [-0.05, 0) is 13.0 Å². The van der Waals surface area contributed by atoms with Gasteiger partial charge in [0.2, 0.25) is 5.91 Å². The van der Waals surface area contributed by atoms with Crippen molar-refractivity contribution in [3.63, 3.8) is 0 Å². The van der Waals surface area contributed by atoms with E-state index in [-0.39, 0.29) is 11.8 Å². The predicted octanol–water partition coefficient (Wildman–Crippen LogP) is 3.20. The Kier molecular flexibility index (Phi) is 4.32. The molecule has 1 amide bonds. The molecule has 2 aromatic carbocycles. The first kappa shape index (κ1) is 17.1. The van der Waals surface area contributed by atoms with Crippen LogP contribution in [0, 0.1) is 12.8 Å². The summed E-state index contributed by atoms with van der Waals surface area (Å²) in [5, 5.41) is 11.6. The topological polar surface area (TPSA) is 72.2 Å². The zero-order chi connectivity index (χ0) is 19.0. The van der Waals surface area contributed by atoms with Crippen molar-refractivity contribution in [3.05, 3.63) is 77.4 Å². The number of fused-ring (bicyclic) bond motifs is 3. The van der Waals surface area contributed by atoms with Crippen molar-refractivity contribution in [3.8, 4) is 5.69 Å². The van der Waals surface area contributed by atoms with Crippen molar-refractivity contribution in [2.45, 2.75) is 26.9 Å². The fourth-order valence-electron chi connectivity index (χ4n) is 3.20. The SMILES string of the molecule is Cc1nnc2n1-c1ccccc1C(c1ccccc1)=N[C@H]2NC(=O)C(C)C. The smallest absolute Gasteiger partial charge is 0.224 e. The average Bonchev–Trinajstić information content (AvgIpc) is 3.00. The normalized spacial score (nSPS) is 15.6. The van der Waals surface area contributed by atoms with E-state index in [1.54, 1.807) is 0 Å². The van der Waals surface area contributed by atoms with Crippen LogP contribution in [0.15, 0.2) is 59.6 Å². The van der Waals surface area contributed by atoms with E-state index in [0.717, 1.165) is 28.4 Å². The maximum Gasteiger partial charge on any atom is 0.224 e. The minimum atomic E-state index is -0.608. The lowest BCUT2D eigenvalue weighted by Gasteiger charge is -2.15. The second-order valence-corrected chi connectivity index (χ2v) is 6.87. The second-order valence-electron chi connectivity index (χ2n) is 6.87. The van der Waals surface area contributed by atoms with Crippen LogP contribution in [0.25, 0.3) is 5.69 Å². The van der Waals surface area contributed by atoms with Gasteiger partial charge in [-0.2, -0.15) is 0 Å². The van der Waals surface area contributed by atoms with Crippen LogP contribution in [-0.2, 0) is 4.79 Å². The number of amides is 1. The highest BCUT2D eigenvalue weighted by Crippen LogP contribution is 2.29. The van der Waals surface area contributed by atoms with E-state index in [0.29, 0.717) is 5.82 Å². The van der Waals surface area contributed by atoms with E-state index in [9.17, 15) is 4.79 Å². The summed E-state index contributed by atoms with van der Waals surface area (Å²) in [4.78, 5) is 17.3. The maximum absolute atomic E-state index is 12.4. The third-order valence-electron chi connectivity index (χ3n) is 4.60. The third kappa shape index (κ3) is 3.03. The van der Waals surface area contributed by atoms with Crippen LogP contribution in [0.3, 0.4) is 0 Å². The van der Waals surface area contributed by atoms with Gasteiger partial charge in [-0.25, -0.2) is 0 Å². The molecule has 0 spiro atoms. The molecule has 1 aliphatic rings. The number of para-hydroxylation sites is 1. The minimum Gasteiger partial charge on any atom is -0.328 e. The molecular weight excluding hydrogens is 338 g/mol. The number of nitrogens with one attached hydrogen (secondary N) is 1. The molecule has 27 heavy (non-hydrogen) atoms. The van der Waals surface area contributed by atoms with E-state index >= 15 is 0 Å². The molecular formula is C21H21N5O. The number of carbonyl (C=O) groups excluding carboxylic acids is 1.